The third-order valence-electron chi connectivity index (χ3n) is 4.13. The normalized spacial score (nSPS) is 15.6. The largest absolute Gasteiger partial charge is 0.506 e. The number of aromatic nitrogens is 2. The summed E-state index contributed by atoms with van der Waals surface area (Å²) in [5.74, 6) is -3.02. The van der Waals surface area contributed by atoms with Crippen LogP contribution in [0.5, 0.6) is 5.75 Å². The second-order valence-corrected chi connectivity index (χ2v) is 7.57. The van der Waals surface area contributed by atoms with Crippen LogP contribution in [0.1, 0.15) is 0 Å². The van der Waals surface area contributed by atoms with Crippen LogP contribution in [-0.2, 0) is 15.0 Å². The summed E-state index contributed by atoms with van der Waals surface area (Å²) in [4.78, 5) is 15.5. The van der Waals surface area contributed by atoms with Crippen LogP contribution in [0.25, 0.3) is 16.9 Å². The molecule has 0 aliphatic carbocycles. The fraction of sp³-hybridized carbons (Fsp3) is 0.0588. The van der Waals surface area contributed by atoms with Crippen LogP contribution in [0.3, 0.4) is 0 Å². The number of carbonyl (C=O) groups excluding carboxylic acids is 1. The third-order valence-corrected chi connectivity index (χ3v) is 5.51. The van der Waals surface area contributed by atoms with Crippen molar-refractivity contribution < 1.29 is 27.1 Å². The smallest absolute Gasteiger partial charge is 0.326 e. The lowest BCUT2D eigenvalue weighted by Crippen LogP contribution is -2.30. The van der Waals surface area contributed by atoms with Crippen molar-refractivity contribution in [2.45, 2.75) is 0 Å². The Bertz CT molecular complexity index is 1210. The fourth-order valence-corrected chi connectivity index (χ4v) is 4.04. The van der Waals surface area contributed by atoms with Crippen molar-refractivity contribution in [1.29, 1.82) is 0 Å². The Morgan fingerprint density at radius 2 is 1.96 bits per heavy atom. The monoisotopic (exact) mass is 406 g/mol. The highest BCUT2D eigenvalue weighted by Gasteiger charge is 2.38. The van der Waals surface area contributed by atoms with Crippen molar-refractivity contribution in [1.82, 2.24) is 14.3 Å². The van der Waals surface area contributed by atoms with E-state index in [2.05, 4.69) is 4.98 Å². The van der Waals surface area contributed by atoms with Gasteiger partial charge in [-0.3, -0.25) is 4.79 Å². The van der Waals surface area contributed by atoms with Crippen molar-refractivity contribution in [3.63, 3.8) is 0 Å². The lowest BCUT2D eigenvalue weighted by molar-refractivity contribution is -0.117. The summed E-state index contributed by atoms with van der Waals surface area (Å²) in [6.45, 7) is -0.659. The number of phenols is 1. The van der Waals surface area contributed by atoms with E-state index in [1.165, 1.54) is 41.4 Å². The summed E-state index contributed by atoms with van der Waals surface area (Å²) in [6, 6.07) is 8.00. The molecule has 3 aromatic rings. The van der Waals surface area contributed by atoms with E-state index in [0.29, 0.717) is 9.99 Å². The molecule has 2 aromatic carbocycles. The van der Waals surface area contributed by atoms with Crippen LogP contribution in [0.15, 0.2) is 48.9 Å². The van der Waals surface area contributed by atoms with E-state index in [1.807, 2.05) is 0 Å². The highest BCUT2D eigenvalue weighted by atomic mass is 32.2. The van der Waals surface area contributed by atoms with E-state index in [9.17, 15) is 22.7 Å². The minimum Gasteiger partial charge on any atom is -0.506 e. The predicted molar refractivity (Wildman–Crippen MR) is 95.0 cm³/mol. The zero-order chi connectivity index (χ0) is 20.1. The second-order valence-electron chi connectivity index (χ2n) is 5.98. The Morgan fingerprint density at radius 1 is 1.18 bits per heavy atom. The first-order valence-electron chi connectivity index (χ1n) is 7.91. The molecule has 1 amide bonds. The van der Waals surface area contributed by atoms with Gasteiger partial charge in [-0.25, -0.2) is 22.8 Å². The van der Waals surface area contributed by atoms with Crippen LogP contribution in [0.2, 0.25) is 0 Å². The number of rotatable bonds is 3. The van der Waals surface area contributed by atoms with Crippen molar-refractivity contribution in [3.05, 3.63) is 60.6 Å². The zero-order valence-electron chi connectivity index (χ0n) is 14.0. The minimum absolute atomic E-state index is 0.0995. The highest BCUT2D eigenvalue weighted by Crippen LogP contribution is 2.38. The molecule has 2 N–H and O–H groups in total. The Labute approximate surface area is 157 Å². The Balaban J connectivity index is 1.80. The van der Waals surface area contributed by atoms with E-state index in [4.69, 9.17) is 0 Å². The van der Waals surface area contributed by atoms with Crippen molar-refractivity contribution in [2.24, 2.45) is 0 Å². The maximum absolute atomic E-state index is 15.1. The van der Waals surface area contributed by atoms with Crippen molar-refractivity contribution >= 4 is 21.8 Å². The van der Waals surface area contributed by atoms with Gasteiger partial charge < -0.3 is 9.67 Å². The number of aromatic hydroxyl groups is 1. The molecule has 0 bridgehead atoms. The SMILES string of the molecule is O=C1CN(c2c(O)ccc(-c3cn(-c4cccc(F)c4)cn3)c2F)S(=O)(=O)N1. The fourth-order valence-electron chi connectivity index (χ4n) is 2.88. The van der Waals surface area contributed by atoms with Gasteiger partial charge in [0.1, 0.15) is 23.8 Å². The maximum atomic E-state index is 15.1. The molecule has 0 unspecified atom stereocenters. The average molecular weight is 406 g/mol. The first-order chi connectivity index (χ1) is 13.3. The number of hydrogen-bond donors (Lipinski definition) is 2. The molecule has 0 saturated carbocycles. The van der Waals surface area contributed by atoms with Crippen LogP contribution in [-0.4, -0.2) is 35.5 Å². The van der Waals surface area contributed by atoms with E-state index in [-0.39, 0.29) is 11.3 Å². The van der Waals surface area contributed by atoms with E-state index < -0.39 is 45.7 Å². The van der Waals surface area contributed by atoms with Gasteiger partial charge >= 0.3 is 10.2 Å². The van der Waals surface area contributed by atoms with Crippen LogP contribution >= 0.6 is 0 Å². The zero-order valence-corrected chi connectivity index (χ0v) is 14.8. The Morgan fingerprint density at radius 3 is 2.64 bits per heavy atom. The molecule has 4 rings (SSSR count). The molecule has 0 spiro atoms. The van der Waals surface area contributed by atoms with Crippen molar-refractivity contribution in [2.75, 3.05) is 10.8 Å². The Hall–Kier alpha value is -3.47. The predicted octanol–water partition coefficient (Wildman–Crippen LogP) is 1.70. The van der Waals surface area contributed by atoms with Gasteiger partial charge in [-0.15, -0.1) is 0 Å². The van der Waals surface area contributed by atoms with Gasteiger partial charge in [0.25, 0.3) is 5.91 Å². The number of halogens is 2. The molecule has 28 heavy (non-hydrogen) atoms. The molecule has 11 heteroatoms. The summed E-state index contributed by atoms with van der Waals surface area (Å²) in [7, 11) is -4.31. The third kappa shape index (κ3) is 2.95. The standard InChI is InChI=1S/C17H12F2N4O4S/c18-10-2-1-3-11(6-10)22-7-13(20-9-22)12-4-5-14(24)17(16(12)19)23-8-15(25)21-28(23,26)27/h1-7,9,24H,8H2,(H,21,25). The van der Waals surface area contributed by atoms with Gasteiger partial charge in [0.15, 0.2) is 5.82 Å². The number of nitrogens with one attached hydrogen (secondary N) is 1. The van der Waals surface area contributed by atoms with E-state index >= 15 is 4.39 Å². The minimum atomic E-state index is -4.31. The van der Waals surface area contributed by atoms with E-state index in [0.717, 1.165) is 6.07 Å². The van der Waals surface area contributed by atoms with E-state index in [1.54, 1.807) is 10.8 Å². The molecule has 2 heterocycles. The van der Waals surface area contributed by atoms with Gasteiger partial charge in [-0.1, -0.05) is 6.07 Å². The molecule has 144 valence electrons. The average Bonchev–Trinajstić information content (AvgIpc) is 3.19. The summed E-state index contributed by atoms with van der Waals surface area (Å²) in [6.07, 6.45) is 2.77. The molecule has 8 nitrogen and oxygen atoms in total. The van der Waals surface area contributed by atoms with Gasteiger partial charge in [0.2, 0.25) is 0 Å². The molecule has 1 aromatic heterocycles. The van der Waals surface area contributed by atoms with Gasteiger partial charge in [-0.2, -0.15) is 8.42 Å². The first-order valence-corrected chi connectivity index (χ1v) is 9.35. The van der Waals surface area contributed by atoms with Gasteiger partial charge in [0, 0.05) is 17.4 Å². The molecule has 1 fully saturated rings. The summed E-state index contributed by atoms with van der Waals surface area (Å²) < 4.78 is 56.1. The maximum Gasteiger partial charge on any atom is 0.326 e. The number of hydrogen-bond acceptors (Lipinski definition) is 5. The molecule has 1 saturated heterocycles. The Kier molecular flexibility index (Phi) is 4.03. The number of benzene rings is 2. The van der Waals surface area contributed by atoms with Gasteiger partial charge in [0.05, 0.1) is 12.0 Å². The van der Waals surface area contributed by atoms with Gasteiger partial charge in [-0.05, 0) is 30.3 Å². The molecule has 0 radical (unpaired) electrons. The summed E-state index contributed by atoms with van der Waals surface area (Å²) >= 11 is 0. The summed E-state index contributed by atoms with van der Waals surface area (Å²) in [5.41, 5.74) is -0.178. The molecular formula is C17H12F2N4O4S. The molecule has 0 atom stereocenters. The van der Waals surface area contributed by atoms with Crippen molar-refractivity contribution in [3.8, 4) is 22.7 Å². The van der Waals surface area contributed by atoms with Crippen LogP contribution in [0, 0.1) is 11.6 Å². The topological polar surface area (TPSA) is 105 Å². The number of imidazole rings is 1. The molecular weight excluding hydrogens is 394 g/mol. The lowest BCUT2D eigenvalue weighted by Gasteiger charge is -2.18. The number of carbonyl (C=O) groups is 1. The molecule has 1 aliphatic rings. The summed E-state index contributed by atoms with van der Waals surface area (Å²) in [5, 5.41) is 10.0. The quantitative estimate of drug-likeness (QED) is 0.689. The second kappa shape index (κ2) is 6.30. The van der Waals surface area contributed by atoms with Crippen LogP contribution < -0.4 is 9.03 Å². The molecule has 1 aliphatic heterocycles. The number of amides is 1. The number of nitrogens with zero attached hydrogens (tertiary/aromatic N) is 3. The number of phenolic OH excluding ortho intramolecular Hbond substituents is 1. The first kappa shape index (κ1) is 17.9. The highest BCUT2D eigenvalue weighted by molar-refractivity contribution is 7.92. The van der Waals surface area contributed by atoms with Crippen LogP contribution in [0.4, 0.5) is 14.5 Å². The number of anilines is 1. The lowest BCUT2D eigenvalue weighted by atomic mass is 10.1.